The minimum absolute atomic E-state index is 0.0197. The maximum atomic E-state index is 6.70. The fourth-order valence-electron chi connectivity index (χ4n) is 5.60. The highest BCUT2D eigenvalue weighted by atomic mass is 16.6. The number of rotatable bonds is 20. The number of unbranched alkanes of at least 4 members (excludes halogenated alkanes) is 8. The van der Waals surface area contributed by atoms with Gasteiger partial charge < -0.3 is 14.2 Å². The van der Waals surface area contributed by atoms with Crippen LogP contribution in [0.1, 0.15) is 95.6 Å². The third-order valence-corrected chi connectivity index (χ3v) is 7.84. The van der Waals surface area contributed by atoms with Crippen molar-refractivity contribution in [3.63, 3.8) is 0 Å². The molecule has 2 aromatic rings. The second-order valence-corrected chi connectivity index (χ2v) is 11.0. The molecule has 0 N–H and O–H groups in total. The van der Waals surface area contributed by atoms with Crippen molar-refractivity contribution >= 4 is 0 Å². The lowest BCUT2D eigenvalue weighted by molar-refractivity contribution is -0.0898. The van der Waals surface area contributed by atoms with Gasteiger partial charge in [0, 0.05) is 13.0 Å². The fourth-order valence-corrected chi connectivity index (χ4v) is 5.60. The molecule has 4 nitrogen and oxygen atoms in total. The van der Waals surface area contributed by atoms with E-state index in [9.17, 15) is 0 Å². The van der Waals surface area contributed by atoms with Crippen LogP contribution in [0, 0.1) is 0 Å². The molecule has 1 saturated carbocycles. The Balaban J connectivity index is 1.69. The minimum atomic E-state index is 0.0197. The van der Waals surface area contributed by atoms with Crippen molar-refractivity contribution in [1.29, 1.82) is 0 Å². The second-order valence-electron chi connectivity index (χ2n) is 11.0. The normalized spacial score (nSPS) is 21.4. The van der Waals surface area contributed by atoms with Gasteiger partial charge in [-0.2, -0.15) is 0 Å². The molecule has 1 aliphatic rings. The molecule has 4 heteroatoms. The monoisotopic (exact) mass is 523 g/mol. The lowest BCUT2D eigenvalue weighted by atomic mass is 10.1. The Morgan fingerprint density at radius 1 is 0.632 bits per heavy atom. The van der Waals surface area contributed by atoms with Crippen LogP contribution < -0.4 is 0 Å². The number of benzene rings is 2. The quantitative estimate of drug-likeness (QED) is 0.164. The maximum Gasteiger partial charge on any atom is 0.102 e. The summed E-state index contributed by atoms with van der Waals surface area (Å²) in [5.41, 5.74) is 2.43. The minimum Gasteiger partial charge on any atom is -0.374 e. The van der Waals surface area contributed by atoms with Crippen molar-refractivity contribution in [1.82, 2.24) is 4.90 Å². The molecule has 0 bridgehead atoms. The van der Waals surface area contributed by atoms with Crippen molar-refractivity contribution in [3.8, 4) is 0 Å². The first-order chi connectivity index (χ1) is 18.7. The third-order valence-electron chi connectivity index (χ3n) is 7.84. The van der Waals surface area contributed by atoms with Gasteiger partial charge in [0.05, 0.1) is 31.5 Å². The number of hydrogen-bond donors (Lipinski definition) is 0. The van der Waals surface area contributed by atoms with Gasteiger partial charge in [0.15, 0.2) is 0 Å². The fraction of sp³-hybridized carbons (Fsp3) is 0.647. The van der Waals surface area contributed by atoms with Crippen LogP contribution in [-0.4, -0.2) is 49.5 Å². The first kappa shape index (κ1) is 30.8. The molecule has 0 aliphatic heterocycles. The van der Waals surface area contributed by atoms with Gasteiger partial charge in [-0.25, -0.2) is 0 Å². The Morgan fingerprint density at radius 3 is 1.74 bits per heavy atom. The highest BCUT2D eigenvalue weighted by molar-refractivity contribution is 5.15. The topological polar surface area (TPSA) is 30.9 Å². The molecule has 38 heavy (non-hydrogen) atoms. The van der Waals surface area contributed by atoms with Gasteiger partial charge in [-0.15, -0.1) is 0 Å². The van der Waals surface area contributed by atoms with Crippen molar-refractivity contribution in [2.75, 3.05) is 20.2 Å². The summed E-state index contributed by atoms with van der Waals surface area (Å²) >= 11 is 0. The molecule has 0 unspecified atom stereocenters. The van der Waals surface area contributed by atoms with E-state index in [4.69, 9.17) is 14.2 Å². The number of likely N-dealkylation sites (N-methyl/N-ethyl adjacent to an activating group) is 1. The zero-order chi connectivity index (χ0) is 26.8. The van der Waals surface area contributed by atoms with E-state index >= 15 is 0 Å². The van der Waals surface area contributed by atoms with E-state index in [2.05, 4.69) is 86.5 Å². The standard InChI is InChI=1S/C34H53NO3/c1-4-6-8-10-18-24-35(3)33-31(37-27-29-20-14-12-15-21-29)26-32(38-28-30-22-16-13-17-23-30)34(33)36-25-19-11-9-7-5-2/h12-17,20-23,31-34H,4-11,18-19,24-28H2,1-3H3/t31-,32+,33+,34+/m0/s1. The van der Waals surface area contributed by atoms with Crippen LogP contribution in [0.5, 0.6) is 0 Å². The summed E-state index contributed by atoms with van der Waals surface area (Å²) in [5, 5.41) is 0. The Kier molecular flexibility index (Phi) is 15.0. The van der Waals surface area contributed by atoms with Crippen LogP contribution in [-0.2, 0) is 27.4 Å². The molecule has 3 rings (SSSR count). The zero-order valence-electron chi connectivity index (χ0n) is 24.4. The average Bonchev–Trinajstić information content (AvgIpc) is 3.30. The number of nitrogens with zero attached hydrogens (tertiary/aromatic N) is 1. The number of ether oxygens (including phenoxy) is 3. The van der Waals surface area contributed by atoms with Gasteiger partial charge in [0.2, 0.25) is 0 Å². The summed E-state index contributed by atoms with van der Waals surface area (Å²) in [6.45, 7) is 7.65. The van der Waals surface area contributed by atoms with E-state index in [1.54, 1.807) is 0 Å². The molecule has 2 aromatic carbocycles. The van der Waals surface area contributed by atoms with Crippen LogP contribution in [0.4, 0.5) is 0 Å². The zero-order valence-corrected chi connectivity index (χ0v) is 24.4. The molecule has 0 aromatic heterocycles. The molecular formula is C34H53NO3. The van der Waals surface area contributed by atoms with E-state index < -0.39 is 0 Å². The molecule has 0 radical (unpaired) electrons. The summed E-state index contributed by atoms with van der Waals surface area (Å²) < 4.78 is 19.9. The Morgan fingerprint density at radius 2 is 1.16 bits per heavy atom. The first-order valence-corrected chi connectivity index (χ1v) is 15.4. The molecule has 1 fully saturated rings. The summed E-state index contributed by atoms with van der Waals surface area (Å²) in [6, 6.07) is 21.2. The highest BCUT2D eigenvalue weighted by Crippen LogP contribution is 2.33. The van der Waals surface area contributed by atoms with Crippen molar-refractivity contribution in [3.05, 3.63) is 71.8 Å². The molecule has 1 aliphatic carbocycles. The smallest absolute Gasteiger partial charge is 0.102 e. The molecule has 212 valence electrons. The van der Waals surface area contributed by atoms with E-state index in [0.29, 0.717) is 13.2 Å². The Labute approximate surface area is 233 Å². The lowest BCUT2D eigenvalue weighted by Crippen LogP contribution is -2.48. The Hall–Kier alpha value is -1.72. The van der Waals surface area contributed by atoms with E-state index in [1.165, 1.54) is 68.9 Å². The predicted molar refractivity (Wildman–Crippen MR) is 158 cm³/mol. The first-order valence-electron chi connectivity index (χ1n) is 15.4. The van der Waals surface area contributed by atoms with Crippen molar-refractivity contribution in [2.45, 2.75) is 122 Å². The molecule has 4 atom stereocenters. The number of hydrogen-bond acceptors (Lipinski definition) is 4. The van der Waals surface area contributed by atoms with Gasteiger partial charge in [0.25, 0.3) is 0 Å². The van der Waals surface area contributed by atoms with E-state index in [-0.39, 0.29) is 24.4 Å². The third kappa shape index (κ3) is 10.8. The van der Waals surface area contributed by atoms with Gasteiger partial charge in [-0.1, -0.05) is 126 Å². The van der Waals surface area contributed by atoms with Crippen LogP contribution in [0.2, 0.25) is 0 Å². The van der Waals surface area contributed by atoms with Crippen LogP contribution in [0.25, 0.3) is 0 Å². The summed E-state index contributed by atoms with van der Waals surface area (Å²) in [6.07, 6.45) is 13.7. The predicted octanol–water partition coefficient (Wildman–Crippen LogP) is 8.19. The van der Waals surface area contributed by atoms with Crippen LogP contribution in [0.15, 0.2) is 60.7 Å². The SMILES string of the molecule is CCCCCCCO[C@H]1[C@H](N(C)CCCCCCC)[C@@H](OCc2ccccc2)C[C@H]1OCc1ccccc1. The molecule has 0 heterocycles. The van der Waals surface area contributed by atoms with Gasteiger partial charge in [-0.05, 0) is 37.6 Å². The van der Waals surface area contributed by atoms with E-state index in [1.807, 2.05) is 0 Å². The summed E-state index contributed by atoms with van der Waals surface area (Å²) in [4.78, 5) is 2.51. The van der Waals surface area contributed by atoms with E-state index in [0.717, 1.165) is 26.0 Å². The van der Waals surface area contributed by atoms with Gasteiger partial charge in [0.1, 0.15) is 6.10 Å². The molecule has 0 saturated heterocycles. The van der Waals surface area contributed by atoms with Crippen LogP contribution in [0.3, 0.4) is 0 Å². The largest absolute Gasteiger partial charge is 0.374 e. The van der Waals surface area contributed by atoms with Crippen LogP contribution >= 0.6 is 0 Å². The molecule has 0 amide bonds. The highest BCUT2D eigenvalue weighted by Gasteiger charge is 2.47. The van der Waals surface area contributed by atoms with Gasteiger partial charge in [-0.3, -0.25) is 4.90 Å². The molecule has 0 spiro atoms. The maximum absolute atomic E-state index is 6.70. The average molecular weight is 524 g/mol. The van der Waals surface area contributed by atoms with Gasteiger partial charge >= 0.3 is 0 Å². The lowest BCUT2D eigenvalue weighted by Gasteiger charge is -2.34. The summed E-state index contributed by atoms with van der Waals surface area (Å²) in [5.74, 6) is 0. The second kappa shape index (κ2) is 18.5. The Bertz CT molecular complexity index is 830. The summed E-state index contributed by atoms with van der Waals surface area (Å²) in [7, 11) is 2.26. The van der Waals surface area contributed by atoms with Crippen molar-refractivity contribution in [2.24, 2.45) is 0 Å². The van der Waals surface area contributed by atoms with Crippen molar-refractivity contribution < 1.29 is 14.2 Å². The molecular weight excluding hydrogens is 470 g/mol.